The summed E-state index contributed by atoms with van der Waals surface area (Å²) >= 11 is 0. The standard InChI is InChI=1S/C28H23N3O3/c1-2-34-22-12-10-21(11-13-22)25-26(30-24-9-5-7-20-6-3-4-8-23(20)24)28(33)31(27(25)32)18-19-14-16-29-17-15-19/h3-17,30H,2,18H2,1H3. The molecular weight excluding hydrogens is 426 g/mol. The number of aromatic nitrogens is 1. The highest BCUT2D eigenvalue weighted by atomic mass is 16.5. The molecule has 1 aromatic heterocycles. The van der Waals surface area contributed by atoms with Crippen molar-refractivity contribution in [3.05, 3.63) is 108 Å². The number of anilines is 1. The molecule has 34 heavy (non-hydrogen) atoms. The lowest BCUT2D eigenvalue weighted by atomic mass is 10.0. The van der Waals surface area contributed by atoms with Gasteiger partial charge in [-0.2, -0.15) is 0 Å². The van der Waals surface area contributed by atoms with Gasteiger partial charge in [0, 0.05) is 23.5 Å². The molecule has 2 heterocycles. The van der Waals surface area contributed by atoms with Crippen molar-refractivity contribution in [1.82, 2.24) is 9.88 Å². The van der Waals surface area contributed by atoms with E-state index in [0.717, 1.165) is 22.0 Å². The van der Waals surface area contributed by atoms with Crippen LogP contribution in [-0.4, -0.2) is 28.3 Å². The van der Waals surface area contributed by atoms with E-state index >= 15 is 0 Å². The molecular formula is C28H23N3O3. The summed E-state index contributed by atoms with van der Waals surface area (Å²) in [6.07, 6.45) is 3.30. The van der Waals surface area contributed by atoms with Gasteiger partial charge in [0.25, 0.3) is 11.8 Å². The van der Waals surface area contributed by atoms with Crippen molar-refractivity contribution in [2.45, 2.75) is 13.5 Å². The lowest BCUT2D eigenvalue weighted by Gasteiger charge is -2.15. The van der Waals surface area contributed by atoms with Crippen molar-refractivity contribution >= 4 is 33.8 Å². The number of nitrogens with zero attached hydrogens (tertiary/aromatic N) is 2. The van der Waals surface area contributed by atoms with E-state index < -0.39 is 0 Å². The Labute approximate surface area is 197 Å². The van der Waals surface area contributed by atoms with Crippen molar-refractivity contribution in [2.24, 2.45) is 0 Å². The number of pyridine rings is 1. The maximum absolute atomic E-state index is 13.6. The first-order valence-corrected chi connectivity index (χ1v) is 11.1. The third-order valence-electron chi connectivity index (χ3n) is 5.76. The van der Waals surface area contributed by atoms with Crippen LogP contribution in [0.1, 0.15) is 18.1 Å². The number of carbonyl (C=O) groups excluding carboxylic acids is 2. The van der Waals surface area contributed by atoms with Crippen molar-refractivity contribution in [1.29, 1.82) is 0 Å². The number of imide groups is 1. The van der Waals surface area contributed by atoms with Gasteiger partial charge in [-0.15, -0.1) is 0 Å². The van der Waals surface area contributed by atoms with Crippen LogP contribution in [0.5, 0.6) is 5.75 Å². The Balaban J connectivity index is 1.58. The average molecular weight is 450 g/mol. The van der Waals surface area contributed by atoms with Crippen LogP contribution in [0, 0.1) is 0 Å². The van der Waals surface area contributed by atoms with Crippen LogP contribution in [-0.2, 0) is 16.1 Å². The fourth-order valence-electron chi connectivity index (χ4n) is 4.13. The fourth-order valence-corrected chi connectivity index (χ4v) is 4.13. The number of ether oxygens (including phenoxy) is 1. The maximum Gasteiger partial charge on any atom is 0.278 e. The number of fused-ring (bicyclic) bond motifs is 1. The normalized spacial score (nSPS) is 13.6. The third-order valence-corrected chi connectivity index (χ3v) is 5.76. The number of benzene rings is 3. The van der Waals surface area contributed by atoms with Gasteiger partial charge in [-0.05, 0) is 53.8 Å². The zero-order chi connectivity index (χ0) is 23.5. The van der Waals surface area contributed by atoms with Crippen LogP contribution in [0.3, 0.4) is 0 Å². The number of hydrogen-bond acceptors (Lipinski definition) is 5. The summed E-state index contributed by atoms with van der Waals surface area (Å²) in [5, 5.41) is 5.30. The number of carbonyl (C=O) groups is 2. The second kappa shape index (κ2) is 9.19. The molecule has 2 amide bonds. The van der Waals surface area contributed by atoms with Gasteiger partial charge in [-0.1, -0.05) is 48.5 Å². The van der Waals surface area contributed by atoms with Crippen LogP contribution in [0.25, 0.3) is 16.3 Å². The third kappa shape index (κ3) is 4.01. The molecule has 5 rings (SSSR count). The molecule has 1 aliphatic heterocycles. The Kier molecular flexibility index (Phi) is 5.79. The zero-order valence-corrected chi connectivity index (χ0v) is 18.7. The molecule has 6 heteroatoms. The molecule has 0 saturated carbocycles. The summed E-state index contributed by atoms with van der Waals surface area (Å²) in [5.41, 5.74) is 2.86. The Morgan fingerprint density at radius 1 is 0.853 bits per heavy atom. The molecule has 0 spiro atoms. The van der Waals surface area contributed by atoms with Crippen molar-refractivity contribution < 1.29 is 14.3 Å². The van der Waals surface area contributed by atoms with Crippen molar-refractivity contribution in [2.75, 3.05) is 11.9 Å². The van der Waals surface area contributed by atoms with E-state index in [2.05, 4.69) is 10.3 Å². The minimum atomic E-state index is -0.362. The van der Waals surface area contributed by atoms with Gasteiger partial charge >= 0.3 is 0 Å². The molecule has 0 bridgehead atoms. The van der Waals surface area contributed by atoms with E-state index in [4.69, 9.17) is 4.74 Å². The van der Waals surface area contributed by atoms with Gasteiger partial charge in [-0.3, -0.25) is 19.5 Å². The van der Waals surface area contributed by atoms with Crippen molar-refractivity contribution in [3.63, 3.8) is 0 Å². The molecule has 168 valence electrons. The number of nitrogens with one attached hydrogen (secondary N) is 1. The van der Waals surface area contributed by atoms with Crippen LogP contribution < -0.4 is 10.1 Å². The van der Waals surface area contributed by atoms with E-state index in [9.17, 15) is 9.59 Å². The van der Waals surface area contributed by atoms with Crippen LogP contribution >= 0.6 is 0 Å². The lowest BCUT2D eigenvalue weighted by Crippen LogP contribution is -2.32. The van der Waals surface area contributed by atoms with Gasteiger partial charge in [0.1, 0.15) is 11.4 Å². The molecule has 0 saturated heterocycles. The van der Waals surface area contributed by atoms with E-state index in [0.29, 0.717) is 23.5 Å². The quantitative estimate of drug-likeness (QED) is 0.401. The highest BCUT2D eigenvalue weighted by Gasteiger charge is 2.39. The monoisotopic (exact) mass is 449 g/mol. The number of amides is 2. The Hall–Kier alpha value is -4.45. The van der Waals surface area contributed by atoms with E-state index in [1.165, 1.54) is 4.90 Å². The average Bonchev–Trinajstić information content (AvgIpc) is 3.10. The first-order chi connectivity index (χ1) is 16.7. The second-order valence-electron chi connectivity index (χ2n) is 7.91. The molecule has 6 nitrogen and oxygen atoms in total. The smallest absolute Gasteiger partial charge is 0.278 e. The Morgan fingerprint density at radius 3 is 2.35 bits per heavy atom. The van der Waals surface area contributed by atoms with Gasteiger partial charge < -0.3 is 10.1 Å². The SMILES string of the molecule is CCOc1ccc(C2=C(Nc3cccc4ccccc34)C(=O)N(Cc3ccncc3)C2=O)cc1. The largest absolute Gasteiger partial charge is 0.494 e. The van der Waals surface area contributed by atoms with Crippen LogP contribution in [0.2, 0.25) is 0 Å². The molecule has 0 atom stereocenters. The molecule has 1 N–H and O–H groups in total. The molecule has 0 fully saturated rings. The summed E-state index contributed by atoms with van der Waals surface area (Å²) in [6.45, 7) is 2.63. The van der Waals surface area contributed by atoms with Gasteiger partial charge in [0.05, 0.1) is 18.7 Å². The predicted octanol–water partition coefficient (Wildman–Crippen LogP) is 5.03. The first-order valence-electron chi connectivity index (χ1n) is 11.1. The van der Waals surface area contributed by atoms with Gasteiger partial charge in [0.15, 0.2) is 0 Å². The van der Waals surface area contributed by atoms with Crippen molar-refractivity contribution in [3.8, 4) is 5.75 Å². The zero-order valence-electron chi connectivity index (χ0n) is 18.7. The second-order valence-corrected chi connectivity index (χ2v) is 7.91. The summed E-state index contributed by atoms with van der Waals surface area (Å²) in [6, 6.07) is 24.6. The molecule has 0 aliphatic carbocycles. The Bertz CT molecular complexity index is 1390. The maximum atomic E-state index is 13.6. The van der Waals surface area contributed by atoms with Gasteiger partial charge in [-0.25, -0.2) is 0 Å². The minimum absolute atomic E-state index is 0.168. The first kappa shape index (κ1) is 21.4. The predicted molar refractivity (Wildman–Crippen MR) is 132 cm³/mol. The van der Waals surface area contributed by atoms with Crippen LogP contribution in [0.4, 0.5) is 5.69 Å². The summed E-state index contributed by atoms with van der Waals surface area (Å²) in [4.78, 5) is 32.4. The van der Waals surface area contributed by atoms with E-state index in [1.54, 1.807) is 24.5 Å². The molecule has 3 aromatic carbocycles. The molecule has 0 unspecified atom stereocenters. The van der Waals surface area contributed by atoms with E-state index in [-0.39, 0.29) is 24.1 Å². The highest BCUT2D eigenvalue weighted by Crippen LogP contribution is 2.34. The lowest BCUT2D eigenvalue weighted by molar-refractivity contribution is -0.137. The number of hydrogen-bond donors (Lipinski definition) is 1. The van der Waals surface area contributed by atoms with E-state index in [1.807, 2.05) is 73.7 Å². The summed E-state index contributed by atoms with van der Waals surface area (Å²) in [5.74, 6) is 0.00756. The highest BCUT2D eigenvalue weighted by molar-refractivity contribution is 6.36. The molecule has 1 aliphatic rings. The topological polar surface area (TPSA) is 71.5 Å². The molecule has 4 aromatic rings. The fraction of sp³-hybridized carbons (Fsp3) is 0.107. The number of rotatable bonds is 7. The van der Waals surface area contributed by atoms with Gasteiger partial charge in [0.2, 0.25) is 0 Å². The van der Waals surface area contributed by atoms with Crippen LogP contribution in [0.15, 0.2) is 97.0 Å². The minimum Gasteiger partial charge on any atom is -0.494 e. The summed E-state index contributed by atoms with van der Waals surface area (Å²) in [7, 11) is 0. The summed E-state index contributed by atoms with van der Waals surface area (Å²) < 4.78 is 5.54. The molecule has 0 radical (unpaired) electrons. The Morgan fingerprint density at radius 2 is 1.59 bits per heavy atom.